The first kappa shape index (κ1) is 13.1. The van der Waals surface area contributed by atoms with E-state index in [1.807, 2.05) is 37.3 Å². The number of rotatable bonds is 3. The zero-order valence-electron chi connectivity index (χ0n) is 10.5. The van der Waals surface area contributed by atoms with E-state index in [1.54, 1.807) is 0 Å². The van der Waals surface area contributed by atoms with Crippen LogP contribution in [0.5, 0.6) is 11.5 Å². The van der Waals surface area contributed by atoms with Crippen molar-refractivity contribution in [2.45, 2.75) is 20.4 Å². The zero-order valence-corrected chi connectivity index (χ0v) is 12.1. The van der Waals surface area contributed by atoms with Gasteiger partial charge in [-0.05, 0) is 64.7 Å². The first-order valence-corrected chi connectivity index (χ1v) is 6.63. The molecule has 2 N–H and O–H groups in total. The lowest BCUT2D eigenvalue weighted by atomic mass is 10.1. The van der Waals surface area contributed by atoms with E-state index in [0.29, 0.717) is 6.54 Å². The Labute approximate surface area is 116 Å². The molecule has 2 aromatic carbocycles. The second-order valence-corrected chi connectivity index (χ2v) is 5.19. The number of aryl methyl sites for hydroxylation is 2. The van der Waals surface area contributed by atoms with Crippen molar-refractivity contribution >= 4 is 15.9 Å². The van der Waals surface area contributed by atoms with Crippen molar-refractivity contribution in [3.8, 4) is 11.5 Å². The summed E-state index contributed by atoms with van der Waals surface area (Å²) in [4.78, 5) is 0. The second kappa shape index (κ2) is 5.55. The van der Waals surface area contributed by atoms with Gasteiger partial charge < -0.3 is 10.5 Å². The molecule has 0 atom stereocenters. The zero-order chi connectivity index (χ0) is 13.1. The van der Waals surface area contributed by atoms with Gasteiger partial charge in [0.15, 0.2) is 0 Å². The smallest absolute Gasteiger partial charge is 0.141 e. The molecule has 0 saturated heterocycles. The highest BCUT2D eigenvalue weighted by atomic mass is 79.9. The summed E-state index contributed by atoms with van der Waals surface area (Å²) >= 11 is 3.51. The van der Waals surface area contributed by atoms with Crippen LogP contribution < -0.4 is 10.5 Å². The molecule has 0 saturated carbocycles. The topological polar surface area (TPSA) is 35.2 Å². The van der Waals surface area contributed by atoms with Crippen molar-refractivity contribution in [2.75, 3.05) is 0 Å². The van der Waals surface area contributed by atoms with E-state index >= 15 is 0 Å². The minimum Gasteiger partial charge on any atom is -0.456 e. The maximum Gasteiger partial charge on any atom is 0.141 e. The predicted molar refractivity (Wildman–Crippen MR) is 78.0 cm³/mol. The first-order valence-electron chi connectivity index (χ1n) is 5.84. The van der Waals surface area contributed by atoms with Crippen LogP contribution in [0.1, 0.15) is 16.7 Å². The van der Waals surface area contributed by atoms with Gasteiger partial charge in [0.25, 0.3) is 0 Å². The molecule has 3 heteroatoms. The number of hydrogen-bond acceptors (Lipinski definition) is 2. The van der Waals surface area contributed by atoms with Gasteiger partial charge in [-0.2, -0.15) is 0 Å². The summed E-state index contributed by atoms with van der Waals surface area (Å²) in [5.41, 5.74) is 9.01. The van der Waals surface area contributed by atoms with Crippen LogP contribution in [-0.2, 0) is 6.54 Å². The van der Waals surface area contributed by atoms with Crippen molar-refractivity contribution in [2.24, 2.45) is 5.73 Å². The molecule has 94 valence electrons. The normalized spacial score (nSPS) is 10.4. The maximum absolute atomic E-state index is 5.91. The van der Waals surface area contributed by atoms with E-state index < -0.39 is 0 Å². The fourth-order valence-corrected chi connectivity index (χ4v) is 2.33. The van der Waals surface area contributed by atoms with Crippen LogP contribution in [0, 0.1) is 13.8 Å². The monoisotopic (exact) mass is 305 g/mol. The molecule has 0 aromatic heterocycles. The fraction of sp³-hybridized carbons (Fsp3) is 0.200. The molecular weight excluding hydrogens is 290 g/mol. The highest BCUT2D eigenvalue weighted by Gasteiger charge is 2.05. The van der Waals surface area contributed by atoms with E-state index in [-0.39, 0.29) is 0 Å². The largest absolute Gasteiger partial charge is 0.456 e. The van der Waals surface area contributed by atoms with Crippen molar-refractivity contribution in [1.82, 2.24) is 0 Å². The Kier molecular flexibility index (Phi) is 4.04. The van der Waals surface area contributed by atoms with Crippen LogP contribution in [-0.4, -0.2) is 0 Å². The van der Waals surface area contributed by atoms with Crippen LogP contribution >= 0.6 is 15.9 Å². The summed E-state index contributed by atoms with van der Waals surface area (Å²) in [5.74, 6) is 1.68. The van der Waals surface area contributed by atoms with Gasteiger partial charge >= 0.3 is 0 Å². The third-order valence-corrected chi connectivity index (χ3v) is 3.40. The molecule has 2 rings (SSSR count). The number of ether oxygens (including phenoxy) is 1. The van der Waals surface area contributed by atoms with E-state index in [1.165, 1.54) is 5.56 Å². The Morgan fingerprint density at radius 3 is 2.39 bits per heavy atom. The summed E-state index contributed by atoms with van der Waals surface area (Å²) in [5, 5.41) is 0. The van der Waals surface area contributed by atoms with Gasteiger partial charge in [0.2, 0.25) is 0 Å². The van der Waals surface area contributed by atoms with Gasteiger partial charge in [-0.15, -0.1) is 0 Å². The molecule has 18 heavy (non-hydrogen) atoms. The lowest BCUT2D eigenvalue weighted by molar-refractivity contribution is 0.475. The summed E-state index contributed by atoms with van der Waals surface area (Å²) < 4.78 is 6.87. The SMILES string of the molecule is Cc1ccc(Oc2ccc(CN)cc2C)c(Br)c1. The average molecular weight is 306 g/mol. The minimum absolute atomic E-state index is 0.551. The molecule has 0 heterocycles. The van der Waals surface area contributed by atoms with E-state index in [4.69, 9.17) is 10.5 Å². The van der Waals surface area contributed by atoms with Gasteiger partial charge in [0, 0.05) is 6.54 Å². The average Bonchev–Trinajstić information content (AvgIpc) is 2.34. The summed E-state index contributed by atoms with van der Waals surface area (Å²) in [6.45, 7) is 4.63. The Hall–Kier alpha value is -1.32. The van der Waals surface area contributed by atoms with Crippen molar-refractivity contribution < 1.29 is 4.74 Å². The van der Waals surface area contributed by atoms with Crippen LogP contribution in [0.15, 0.2) is 40.9 Å². The van der Waals surface area contributed by atoms with Gasteiger partial charge in [0.1, 0.15) is 11.5 Å². The Morgan fingerprint density at radius 2 is 1.78 bits per heavy atom. The molecular formula is C15H16BrNO. The molecule has 0 aliphatic heterocycles. The lowest BCUT2D eigenvalue weighted by Crippen LogP contribution is -1.97. The number of halogens is 1. The van der Waals surface area contributed by atoms with Crippen LogP contribution in [0.25, 0.3) is 0 Å². The standard InChI is InChI=1S/C15H16BrNO/c1-10-3-5-15(13(16)7-10)18-14-6-4-12(9-17)8-11(14)2/h3-8H,9,17H2,1-2H3. The van der Waals surface area contributed by atoms with Crippen molar-refractivity contribution in [3.63, 3.8) is 0 Å². The van der Waals surface area contributed by atoms with E-state index in [9.17, 15) is 0 Å². The molecule has 0 aliphatic rings. The number of nitrogens with two attached hydrogens (primary N) is 1. The Morgan fingerprint density at radius 1 is 1.06 bits per heavy atom. The fourth-order valence-electron chi connectivity index (χ4n) is 1.76. The molecule has 2 nitrogen and oxygen atoms in total. The molecule has 0 bridgehead atoms. The quantitative estimate of drug-likeness (QED) is 0.916. The van der Waals surface area contributed by atoms with Gasteiger partial charge in [-0.3, -0.25) is 0 Å². The first-order chi connectivity index (χ1) is 8.60. The third-order valence-electron chi connectivity index (χ3n) is 2.78. The van der Waals surface area contributed by atoms with Crippen molar-refractivity contribution in [3.05, 3.63) is 57.6 Å². The van der Waals surface area contributed by atoms with Gasteiger partial charge in [-0.25, -0.2) is 0 Å². The second-order valence-electron chi connectivity index (χ2n) is 4.34. The third kappa shape index (κ3) is 2.92. The van der Waals surface area contributed by atoms with Gasteiger partial charge in [0.05, 0.1) is 4.47 Å². The summed E-state index contributed by atoms with van der Waals surface area (Å²) in [6, 6.07) is 12.0. The number of hydrogen-bond donors (Lipinski definition) is 1. The highest BCUT2D eigenvalue weighted by Crippen LogP contribution is 2.32. The van der Waals surface area contributed by atoms with Crippen LogP contribution in [0.2, 0.25) is 0 Å². The molecule has 0 amide bonds. The number of benzene rings is 2. The van der Waals surface area contributed by atoms with Crippen LogP contribution in [0.4, 0.5) is 0 Å². The molecule has 0 aliphatic carbocycles. The molecule has 0 unspecified atom stereocenters. The molecule has 0 radical (unpaired) electrons. The Bertz CT molecular complexity index is 566. The van der Waals surface area contributed by atoms with Crippen LogP contribution in [0.3, 0.4) is 0 Å². The minimum atomic E-state index is 0.551. The predicted octanol–water partition coefficient (Wildman–Crippen LogP) is 4.32. The van der Waals surface area contributed by atoms with Crippen molar-refractivity contribution in [1.29, 1.82) is 0 Å². The molecule has 0 fully saturated rings. The summed E-state index contributed by atoms with van der Waals surface area (Å²) in [6.07, 6.45) is 0. The van der Waals surface area contributed by atoms with E-state index in [2.05, 4.69) is 28.9 Å². The lowest BCUT2D eigenvalue weighted by Gasteiger charge is -2.11. The maximum atomic E-state index is 5.91. The Balaban J connectivity index is 2.28. The van der Waals surface area contributed by atoms with Gasteiger partial charge in [-0.1, -0.05) is 18.2 Å². The molecule has 0 spiro atoms. The van der Waals surface area contributed by atoms with E-state index in [0.717, 1.165) is 27.1 Å². The molecule has 2 aromatic rings. The highest BCUT2D eigenvalue weighted by molar-refractivity contribution is 9.10. The summed E-state index contributed by atoms with van der Waals surface area (Å²) in [7, 11) is 0.